The molecule has 0 N–H and O–H groups in total. The Morgan fingerprint density at radius 2 is 2.29 bits per heavy atom. The molecule has 17 heavy (non-hydrogen) atoms. The molecule has 4 heteroatoms. The Morgan fingerprint density at radius 3 is 2.94 bits per heavy atom. The van der Waals surface area contributed by atoms with Crippen LogP contribution in [0.4, 0.5) is 0 Å². The lowest BCUT2D eigenvalue weighted by Gasteiger charge is -2.21. The lowest BCUT2D eigenvalue weighted by Crippen LogP contribution is -2.16. The van der Waals surface area contributed by atoms with E-state index in [1.807, 2.05) is 13.0 Å². The summed E-state index contributed by atoms with van der Waals surface area (Å²) < 4.78 is 10.2. The Morgan fingerprint density at radius 1 is 1.53 bits per heavy atom. The van der Waals surface area contributed by atoms with Crippen molar-refractivity contribution in [2.75, 3.05) is 13.7 Å². The quantitative estimate of drug-likeness (QED) is 0.579. The van der Waals surface area contributed by atoms with E-state index < -0.39 is 5.97 Å². The number of carbonyl (C=O) groups is 2. The van der Waals surface area contributed by atoms with Gasteiger partial charge in [-0.2, -0.15) is 0 Å². The molecule has 0 amide bonds. The zero-order valence-corrected chi connectivity index (χ0v) is 9.91. The van der Waals surface area contributed by atoms with E-state index in [0.717, 1.165) is 24.0 Å². The molecule has 0 spiro atoms. The summed E-state index contributed by atoms with van der Waals surface area (Å²) in [6, 6.07) is 1.91. The number of hydrogen-bond acceptors (Lipinski definition) is 4. The maximum atomic E-state index is 11.8. The summed E-state index contributed by atoms with van der Waals surface area (Å²) in [7, 11) is 1.30. The number of benzene rings is 1. The van der Waals surface area contributed by atoms with Crippen molar-refractivity contribution >= 4 is 12.3 Å². The summed E-state index contributed by atoms with van der Waals surface area (Å²) in [5.41, 5.74) is 2.37. The van der Waals surface area contributed by atoms with Gasteiger partial charge in [-0.3, -0.25) is 4.79 Å². The maximum absolute atomic E-state index is 11.8. The number of rotatable bonds is 2. The van der Waals surface area contributed by atoms with Gasteiger partial charge < -0.3 is 9.47 Å². The minimum absolute atomic E-state index is 0.261. The Kier molecular flexibility index (Phi) is 3.13. The van der Waals surface area contributed by atoms with Gasteiger partial charge in [0.05, 0.1) is 13.7 Å². The van der Waals surface area contributed by atoms with Gasteiger partial charge in [-0.25, -0.2) is 4.79 Å². The van der Waals surface area contributed by atoms with Crippen molar-refractivity contribution in [3.05, 3.63) is 28.3 Å². The van der Waals surface area contributed by atoms with Gasteiger partial charge in [0.2, 0.25) is 0 Å². The van der Waals surface area contributed by atoms with Crippen molar-refractivity contribution in [1.29, 1.82) is 0 Å². The molecular formula is C13H14O4. The van der Waals surface area contributed by atoms with Crippen LogP contribution in [0, 0.1) is 6.92 Å². The van der Waals surface area contributed by atoms with Crippen LogP contribution in [0.2, 0.25) is 0 Å². The molecule has 1 aliphatic rings. The first-order chi connectivity index (χ1) is 8.19. The van der Waals surface area contributed by atoms with Gasteiger partial charge in [0.1, 0.15) is 11.3 Å². The Bertz CT molecular complexity index is 477. The van der Waals surface area contributed by atoms with Crippen molar-refractivity contribution in [2.45, 2.75) is 19.8 Å². The maximum Gasteiger partial charge on any atom is 0.342 e. The van der Waals surface area contributed by atoms with Gasteiger partial charge >= 0.3 is 5.97 Å². The number of methoxy groups -OCH3 is 1. The van der Waals surface area contributed by atoms with Crippen LogP contribution in [0.3, 0.4) is 0 Å². The SMILES string of the molecule is COC(=O)c1c(C=O)c(C)cc2c1OCCC2. The number of carbonyl (C=O) groups excluding carboxylic acids is 2. The van der Waals surface area contributed by atoms with Gasteiger partial charge in [-0.05, 0) is 30.9 Å². The summed E-state index contributed by atoms with van der Waals surface area (Å²) in [6.07, 6.45) is 2.46. The molecule has 1 aliphatic heterocycles. The molecule has 90 valence electrons. The predicted octanol–water partition coefficient (Wildman–Crippen LogP) is 1.92. The molecule has 0 bridgehead atoms. The molecule has 0 aromatic heterocycles. The molecule has 4 nitrogen and oxygen atoms in total. The Labute approximate surface area is 99.5 Å². The van der Waals surface area contributed by atoms with Crippen molar-refractivity contribution < 1.29 is 19.1 Å². The second-order valence-corrected chi connectivity index (χ2v) is 4.03. The summed E-state index contributed by atoms with van der Waals surface area (Å²) in [5.74, 6) is -0.00949. The first kappa shape index (κ1) is 11.6. The summed E-state index contributed by atoms with van der Waals surface area (Å²) in [6.45, 7) is 2.38. The molecule has 1 aromatic carbocycles. The van der Waals surface area contributed by atoms with E-state index >= 15 is 0 Å². The van der Waals surface area contributed by atoms with E-state index in [9.17, 15) is 9.59 Å². The van der Waals surface area contributed by atoms with Crippen LogP contribution < -0.4 is 4.74 Å². The van der Waals surface area contributed by atoms with Gasteiger partial charge in [-0.1, -0.05) is 6.07 Å². The minimum Gasteiger partial charge on any atom is -0.492 e. The predicted molar refractivity (Wildman–Crippen MR) is 61.7 cm³/mol. The molecule has 1 heterocycles. The molecule has 0 atom stereocenters. The first-order valence-corrected chi connectivity index (χ1v) is 5.51. The molecule has 0 saturated carbocycles. The Hall–Kier alpha value is -1.84. The van der Waals surface area contributed by atoms with Crippen molar-refractivity contribution in [3.8, 4) is 5.75 Å². The average molecular weight is 234 g/mol. The van der Waals surface area contributed by atoms with Gasteiger partial charge in [0.25, 0.3) is 0 Å². The second kappa shape index (κ2) is 4.57. The van der Waals surface area contributed by atoms with Gasteiger partial charge in [0.15, 0.2) is 6.29 Å². The Balaban J connectivity index is 2.69. The number of aryl methyl sites for hydroxylation is 2. The van der Waals surface area contributed by atoms with Crippen LogP contribution in [0.1, 0.15) is 38.3 Å². The molecule has 0 unspecified atom stereocenters. The fourth-order valence-electron chi connectivity index (χ4n) is 2.13. The van der Waals surface area contributed by atoms with Crippen molar-refractivity contribution in [3.63, 3.8) is 0 Å². The highest BCUT2D eigenvalue weighted by Gasteiger charge is 2.25. The van der Waals surface area contributed by atoms with Crippen LogP contribution in [-0.2, 0) is 11.2 Å². The molecule has 0 aliphatic carbocycles. The summed E-state index contributed by atoms with van der Waals surface area (Å²) in [4.78, 5) is 22.8. The average Bonchev–Trinajstić information content (AvgIpc) is 2.36. The van der Waals surface area contributed by atoms with Crippen LogP contribution in [0.25, 0.3) is 0 Å². The third-order valence-electron chi connectivity index (χ3n) is 2.95. The zero-order chi connectivity index (χ0) is 12.4. The molecular weight excluding hydrogens is 220 g/mol. The third kappa shape index (κ3) is 1.90. The number of ether oxygens (including phenoxy) is 2. The second-order valence-electron chi connectivity index (χ2n) is 4.03. The monoisotopic (exact) mass is 234 g/mol. The standard InChI is InChI=1S/C13H14O4/c1-8-6-9-4-3-5-17-12(9)11(10(8)7-14)13(15)16-2/h6-7H,3-5H2,1-2H3. The smallest absolute Gasteiger partial charge is 0.342 e. The van der Waals surface area contributed by atoms with E-state index in [0.29, 0.717) is 24.2 Å². The molecule has 1 aromatic rings. The van der Waals surface area contributed by atoms with Gasteiger partial charge in [0, 0.05) is 5.56 Å². The highest BCUT2D eigenvalue weighted by atomic mass is 16.5. The fraction of sp³-hybridized carbons (Fsp3) is 0.385. The molecule has 0 saturated heterocycles. The largest absolute Gasteiger partial charge is 0.492 e. The van der Waals surface area contributed by atoms with Crippen LogP contribution >= 0.6 is 0 Å². The fourth-order valence-corrected chi connectivity index (χ4v) is 2.13. The lowest BCUT2D eigenvalue weighted by atomic mass is 9.94. The topological polar surface area (TPSA) is 52.6 Å². The van der Waals surface area contributed by atoms with Crippen molar-refractivity contribution in [1.82, 2.24) is 0 Å². The third-order valence-corrected chi connectivity index (χ3v) is 2.95. The van der Waals surface area contributed by atoms with E-state index in [1.54, 1.807) is 0 Å². The number of hydrogen-bond donors (Lipinski definition) is 0. The highest BCUT2D eigenvalue weighted by Crippen LogP contribution is 2.33. The minimum atomic E-state index is -0.519. The van der Waals surface area contributed by atoms with Crippen molar-refractivity contribution in [2.24, 2.45) is 0 Å². The number of fused-ring (bicyclic) bond motifs is 1. The van der Waals surface area contributed by atoms with Crippen LogP contribution in [0.5, 0.6) is 5.75 Å². The molecule has 2 rings (SSSR count). The van der Waals surface area contributed by atoms with Crippen LogP contribution in [-0.4, -0.2) is 26.0 Å². The van der Waals surface area contributed by atoms with E-state index in [-0.39, 0.29) is 5.56 Å². The number of aldehydes is 1. The number of esters is 1. The summed E-state index contributed by atoms with van der Waals surface area (Å²) in [5, 5.41) is 0. The normalized spacial score (nSPS) is 13.5. The van der Waals surface area contributed by atoms with E-state index in [4.69, 9.17) is 9.47 Å². The summed E-state index contributed by atoms with van der Waals surface area (Å²) >= 11 is 0. The zero-order valence-electron chi connectivity index (χ0n) is 9.91. The highest BCUT2D eigenvalue weighted by molar-refractivity contribution is 6.02. The first-order valence-electron chi connectivity index (χ1n) is 5.51. The van der Waals surface area contributed by atoms with E-state index in [1.165, 1.54) is 7.11 Å². The van der Waals surface area contributed by atoms with E-state index in [2.05, 4.69) is 0 Å². The van der Waals surface area contributed by atoms with Crippen LogP contribution in [0.15, 0.2) is 6.07 Å². The lowest BCUT2D eigenvalue weighted by molar-refractivity contribution is 0.0592. The van der Waals surface area contributed by atoms with Gasteiger partial charge in [-0.15, -0.1) is 0 Å². The molecule has 0 fully saturated rings. The molecule has 0 radical (unpaired) electrons.